The van der Waals surface area contributed by atoms with Gasteiger partial charge in [0.25, 0.3) is 10.0 Å². The summed E-state index contributed by atoms with van der Waals surface area (Å²) >= 11 is 0. The fourth-order valence-corrected chi connectivity index (χ4v) is 3.08. The van der Waals surface area contributed by atoms with Crippen LogP contribution < -0.4 is 10.0 Å². The van der Waals surface area contributed by atoms with E-state index in [-0.39, 0.29) is 5.03 Å². The van der Waals surface area contributed by atoms with Crippen LogP contribution in [0.5, 0.6) is 0 Å². The van der Waals surface area contributed by atoms with Crippen LogP contribution in [-0.2, 0) is 16.6 Å². The smallest absolute Gasteiger partial charge is 0.260 e. The molecular formula is C12H23N5O2S. The number of nitrogens with zero attached hydrogens (tertiary/aromatic N) is 2. The summed E-state index contributed by atoms with van der Waals surface area (Å²) in [5.74, 6) is 0. The first-order valence-corrected chi connectivity index (χ1v) is 8.30. The molecule has 0 radical (unpaired) electrons. The van der Waals surface area contributed by atoms with Gasteiger partial charge in [0.05, 0.1) is 0 Å². The first-order valence-electron chi connectivity index (χ1n) is 6.82. The van der Waals surface area contributed by atoms with Crippen molar-refractivity contribution >= 4 is 10.0 Å². The lowest BCUT2D eigenvalue weighted by atomic mass is 10.2. The zero-order valence-electron chi connectivity index (χ0n) is 12.2. The zero-order chi connectivity index (χ0) is 14.8. The Labute approximate surface area is 120 Å². The molecule has 1 fully saturated rings. The van der Waals surface area contributed by atoms with Gasteiger partial charge in [0.1, 0.15) is 0 Å². The molecule has 0 aromatic carbocycles. The highest BCUT2D eigenvalue weighted by molar-refractivity contribution is 7.89. The number of rotatable bonds is 8. The van der Waals surface area contributed by atoms with Crippen molar-refractivity contribution in [2.75, 3.05) is 27.2 Å². The molecule has 0 atom stereocenters. The average Bonchev–Trinajstić information content (AvgIpc) is 3.09. The molecule has 0 saturated heterocycles. The van der Waals surface area contributed by atoms with Crippen molar-refractivity contribution in [1.82, 2.24) is 25.1 Å². The van der Waals surface area contributed by atoms with Crippen molar-refractivity contribution < 1.29 is 8.42 Å². The van der Waals surface area contributed by atoms with E-state index in [1.54, 1.807) is 0 Å². The van der Waals surface area contributed by atoms with Crippen LogP contribution in [0.3, 0.4) is 0 Å². The monoisotopic (exact) mass is 301 g/mol. The first kappa shape index (κ1) is 15.4. The lowest BCUT2D eigenvalue weighted by Crippen LogP contribution is -2.32. The summed E-state index contributed by atoms with van der Waals surface area (Å²) in [7, 11) is 0.249. The number of aromatic nitrogens is 2. The summed E-state index contributed by atoms with van der Waals surface area (Å²) in [6, 6.07) is 0.529. The highest BCUT2D eigenvalue weighted by atomic mass is 32.2. The SMILES string of the molecule is Cc1[nH]nc(S(=O)(=O)NCCN(C)C)c1CNC1CC1. The van der Waals surface area contributed by atoms with E-state index in [1.165, 1.54) is 12.8 Å². The third-order valence-corrected chi connectivity index (χ3v) is 4.72. The molecule has 8 heteroatoms. The van der Waals surface area contributed by atoms with E-state index >= 15 is 0 Å². The predicted molar refractivity (Wildman–Crippen MR) is 76.9 cm³/mol. The normalized spacial score (nSPS) is 16.0. The Morgan fingerprint density at radius 1 is 1.40 bits per heavy atom. The third kappa shape index (κ3) is 4.02. The quantitative estimate of drug-likeness (QED) is 0.619. The van der Waals surface area contributed by atoms with E-state index in [1.807, 2.05) is 25.9 Å². The second kappa shape index (κ2) is 6.21. The van der Waals surface area contributed by atoms with Crippen LogP contribution in [0, 0.1) is 6.92 Å². The van der Waals surface area contributed by atoms with Gasteiger partial charge < -0.3 is 10.2 Å². The summed E-state index contributed by atoms with van der Waals surface area (Å²) < 4.78 is 27.1. The van der Waals surface area contributed by atoms with Crippen LogP contribution in [-0.4, -0.2) is 56.7 Å². The fraction of sp³-hybridized carbons (Fsp3) is 0.750. The molecule has 3 N–H and O–H groups in total. The summed E-state index contributed by atoms with van der Waals surface area (Å²) in [4.78, 5) is 1.92. The van der Waals surface area contributed by atoms with Gasteiger partial charge in [-0.15, -0.1) is 0 Å². The Morgan fingerprint density at radius 3 is 2.70 bits per heavy atom. The van der Waals surface area contributed by atoms with Gasteiger partial charge in [-0.1, -0.05) is 0 Å². The molecule has 0 bridgehead atoms. The number of hydrogen-bond donors (Lipinski definition) is 3. The minimum atomic E-state index is -3.55. The second-order valence-corrected chi connectivity index (χ2v) is 7.17. The van der Waals surface area contributed by atoms with Gasteiger partial charge in [-0.3, -0.25) is 5.10 Å². The number of H-pyrrole nitrogens is 1. The Morgan fingerprint density at radius 2 is 2.10 bits per heavy atom. The summed E-state index contributed by atoms with van der Waals surface area (Å²) in [5, 5.41) is 10.2. The number of nitrogens with one attached hydrogen (secondary N) is 3. The van der Waals surface area contributed by atoms with E-state index < -0.39 is 10.0 Å². The molecule has 1 aromatic heterocycles. The molecule has 2 rings (SSSR count). The third-order valence-electron chi connectivity index (χ3n) is 3.29. The van der Waals surface area contributed by atoms with Crippen molar-refractivity contribution in [2.24, 2.45) is 0 Å². The van der Waals surface area contributed by atoms with E-state index in [0.717, 1.165) is 11.3 Å². The molecule has 0 unspecified atom stereocenters. The molecule has 114 valence electrons. The largest absolute Gasteiger partial charge is 0.310 e. The standard InChI is InChI=1S/C12H23N5O2S/c1-9-11(8-13-10-4-5-10)12(16-15-9)20(18,19)14-6-7-17(2)3/h10,13-14H,4-8H2,1-3H3,(H,15,16). The molecule has 0 aliphatic heterocycles. The van der Waals surface area contributed by atoms with Crippen LogP contribution in [0.25, 0.3) is 0 Å². The minimum absolute atomic E-state index is 0.113. The average molecular weight is 301 g/mol. The van der Waals surface area contributed by atoms with E-state index in [2.05, 4.69) is 20.2 Å². The fourth-order valence-electron chi connectivity index (χ4n) is 1.87. The molecule has 20 heavy (non-hydrogen) atoms. The van der Waals surface area contributed by atoms with Crippen LogP contribution >= 0.6 is 0 Å². The number of aryl methyl sites for hydroxylation is 1. The molecule has 1 saturated carbocycles. The highest BCUT2D eigenvalue weighted by Crippen LogP contribution is 2.21. The molecule has 1 aromatic rings. The van der Waals surface area contributed by atoms with Gasteiger partial charge in [-0.05, 0) is 33.9 Å². The second-order valence-electron chi connectivity index (χ2n) is 5.49. The number of likely N-dealkylation sites (N-methyl/N-ethyl adjacent to an activating group) is 1. The number of sulfonamides is 1. The first-order chi connectivity index (χ1) is 9.40. The maximum Gasteiger partial charge on any atom is 0.260 e. The van der Waals surface area contributed by atoms with Crippen molar-refractivity contribution in [3.63, 3.8) is 0 Å². The van der Waals surface area contributed by atoms with Crippen molar-refractivity contribution in [3.8, 4) is 0 Å². The molecule has 1 aliphatic carbocycles. The Kier molecular flexibility index (Phi) is 4.79. The zero-order valence-corrected chi connectivity index (χ0v) is 13.0. The predicted octanol–water partition coefficient (Wildman–Crippen LogP) is -0.190. The Hall–Kier alpha value is -0.960. The molecule has 7 nitrogen and oxygen atoms in total. The molecule has 0 amide bonds. The van der Waals surface area contributed by atoms with E-state index in [9.17, 15) is 8.42 Å². The summed E-state index contributed by atoms with van der Waals surface area (Å²) in [6.45, 7) is 3.40. The van der Waals surface area contributed by atoms with E-state index in [0.29, 0.717) is 25.7 Å². The lowest BCUT2D eigenvalue weighted by molar-refractivity contribution is 0.412. The van der Waals surface area contributed by atoms with Gasteiger partial charge in [0.2, 0.25) is 0 Å². The number of aromatic amines is 1. The maximum absolute atomic E-state index is 12.3. The van der Waals surface area contributed by atoms with Crippen molar-refractivity contribution in [2.45, 2.75) is 37.4 Å². The highest BCUT2D eigenvalue weighted by Gasteiger charge is 2.26. The van der Waals surface area contributed by atoms with Gasteiger partial charge in [0, 0.05) is 36.9 Å². The van der Waals surface area contributed by atoms with E-state index in [4.69, 9.17) is 0 Å². The summed E-state index contributed by atoms with van der Waals surface area (Å²) in [5.41, 5.74) is 1.53. The van der Waals surface area contributed by atoms with Crippen molar-refractivity contribution in [3.05, 3.63) is 11.3 Å². The molecule has 1 aliphatic rings. The topological polar surface area (TPSA) is 90.1 Å². The summed E-state index contributed by atoms with van der Waals surface area (Å²) in [6.07, 6.45) is 2.33. The number of hydrogen-bond acceptors (Lipinski definition) is 5. The molecule has 0 spiro atoms. The molecular weight excluding hydrogens is 278 g/mol. The Bertz CT molecular complexity index is 548. The van der Waals surface area contributed by atoms with Crippen LogP contribution in [0.15, 0.2) is 5.03 Å². The lowest BCUT2D eigenvalue weighted by Gasteiger charge is -2.11. The Balaban J connectivity index is 2.05. The van der Waals surface area contributed by atoms with Gasteiger partial charge in [-0.25, -0.2) is 13.1 Å². The maximum atomic E-state index is 12.3. The minimum Gasteiger partial charge on any atom is -0.310 e. The van der Waals surface area contributed by atoms with Gasteiger partial charge in [-0.2, -0.15) is 5.10 Å². The van der Waals surface area contributed by atoms with Crippen LogP contribution in [0.2, 0.25) is 0 Å². The molecule has 1 heterocycles. The van der Waals surface area contributed by atoms with Crippen molar-refractivity contribution in [1.29, 1.82) is 0 Å². The van der Waals surface area contributed by atoms with Gasteiger partial charge >= 0.3 is 0 Å². The van der Waals surface area contributed by atoms with Crippen LogP contribution in [0.4, 0.5) is 0 Å². The van der Waals surface area contributed by atoms with Gasteiger partial charge in [0.15, 0.2) is 5.03 Å². The van der Waals surface area contributed by atoms with Crippen LogP contribution in [0.1, 0.15) is 24.1 Å².